The molecule has 0 saturated carbocycles. The van der Waals surface area contributed by atoms with Gasteiger partial charge in [0, 0.05) is 6.04 Å². The van der Waals surface area contributed by atoms with Crippen LogP contribution in [0.5, 0.6) is 0 Å². The minimum absolute atomic E-state index is 0.267. The Hall–Kier alpha value is -1.74. The van der Waals surface area contributed by atoms with E-state index in [2.05, 4.69) is 29.6 Å². The Morgan fingerprint density at radius 3 is 2.67 bits per heavy atom. The summed E-state index contributed by atoms with van der Waals surface area (Å²) in [6.07, 6.45) is 2.86. The smallest absolute Gasteiger partial charge is 0.159 e. The van der Waals surface area contributed by atoms with E-state index >= 15 is 0 Å². The Morgan fingerprint density at radius 1 is 1.10 bits per heavy atom. The Morgan fingerprint density at radius 2 is 1.90 bits per heavy atom. The predicted molar refractivity (Wildman–Crippen MR) is 80.1 cm³/mol. The van der Waals surface area contributed by atoms with Gasteiger partial charge in [0.05, 0.1) is 0 Å². The van der Waals surface area contributed by atoms with E-state index in [0.717, 1.165) is 24.8 Å². The van der Waals surface area contributed by atoms with Gasteiger partial charge in [-0.3, -0.25) is 0 Å². The van der Waals surface area contributed by atoms with Gasteiger partial charge in [0.1, 0.15) is 0 Å². The molecule has 0 heterocycles. The van der Waals surface area contributed by atoms with Gasteiger partial charge >= 0.3 is 0 Å². The molecule has 0 fully saturated rings. The molecule has 1 aliphatic rings. The summed E-state index contributed by atoms with van der Waals surface area (Å²) >= 11 is 0. The van der Waals surface area contributed by atoms with Gasteiger partial charge in [0.25, 0.3) is 0 Å². The molecule has 0 spiro atoms. The Balaban J connectivity index is 1.84. The summed E-state index contributed by atoms with van der Waals surface area (Å²) in [5.74, 6) is -1.14. The van der Waals surface area contributed by atoms with Gasteiger partial charge in [-0.25, -0.2) is 8.78 Å². The van der Waals surface area contributed by atoms with E-state index in [-0.39, 0.29) is 6.04 Å². The van der Waals surface area contributed by atoms with E-state index in [4.69, 9.17) is 0 Å². The molecule has 3 rings (SSSR count). The van der Waals surface area contributed by atoms with Crippen molar-refractivity contribution < 1.29 is 8.78 Å². The average Bonchev–Trinajstić information content (AvgIpc) is 2.51. The quantitative estimate of drug-likeness (QED) is 0.898. The monoisotopic (exact) mass is 287 g/mol. The summed E-state index contributed by atoms with van der Waals surface area (Å²) in [4.78, 5) is 0. The van der Waals surface area contributed by atoms with Crippen molar-refractivity contribution in [1.82, 2.24) is 5.32 Å². The number of fused-ring (bicyclic) bond motifs is 1. The van der Waals surface area contributed by atoms with Crippen molar-refractivity contribution in [3.63, 3.8) is 0 Å². The van der Waals surface area contributed by atoms with Gasteiger partial charge in [-0.15, -0.1) is 0 Å². The molecule has 1 aliphatic carbocycles. The van der Waals surface area contributed by atoms with Crippen molar-refractivity contribution in [3.05, 3.63) is 70.8 Å². The molecule has 2 aromatic carbocycles. The minimum atomic E-state index is -0.780. The first kappa shape index (κ1) is 14.2. The third-order valence-electron chi connectivity index (χ3n) is 4.44. The minimum Gasteiger partial charge on any atom is -0.313 e. The van der Waals surface area contributed by atoms with Crippen molar-refractivity contribution in [2.45, 2.75) is 25.3 Å². The van der Waals surface area contributed by atoms with Gasteiger partial charge < -0.3 is 5.32 Å². The van der Waals surface area contributed by atoms with Crippen LogP contribution in [0.4, 0.5) is 8.78 Å². The standard InChI is InChI=1S/C18H19F2N/c1-21-18-14(8-7-13-4-2-3-5-15(13)18)10-12-6-9-16(19)17(20)11-12/h2-6,9,11,14,18,21H,7-8,10H2,1H3. The molecule has 0 amide bonds. The number of benzene rings is 2. The molecule has 1 N–H and O–H groups in total. The van der Waals surface area contributed by atoms with Gasteiger partial charge in [0.15, 0.2) is 11.6 Å². The van der Waals surface area contributed by atoms with E-state index in [1.54, 1.807) is 6.07 Å². The van der Waals surface area contributed by atoms with Gasteiger partial charge in [-0.1, -0.05) is 30.3 Å². The number of hydrogen-bond donors (Lipinski definition) is 1. The fourth-order valence-electron chi connectivity index (χ4n) is 3.41. The summed E-state index contributed by atoms with van der Waals surface area (Å²) in [7, 11) is 1.96. The molecule has 0 saturated heterocycles. The SMILES string of the molecule is CNC1c2ccccc2CCC1Cc1ccc(F)c(F)c1. The Labute approximate surface area is 124 Å². The molecule has 2 atom stereocenters. The zero-order valence-electron chi connectivity index (χ0n) is 12.1. The highest BCUT2D eigenvalue weighted by Crippen LogP contribution is 2.36. The van der Waals surface area contributed by atoms with Crippen molar-refractivity contribution in [3.8, 4) is 0 Å². The van der Waals surface area contributed by atoms with Crippen LogP contribution in [0, 0.1) is 17.6 Å². The number of aryl methyl sites for hydroxylation is 1. The second kappa shape index (κ2) is 5.94. The molecular formula is C18H19F2N. The normalized spacial score (nSPS) is 21.1. The predicted octanol–water partition coefficient (Wildman–Crippen LogP) is 4.03. The summed E-state index contributed by atoms with van der Waals surface area (Å²) in [5.41, 5.74) is 3.58. The lowest BCUT2D eigenvalue weighted by Crippen LogP contribution is -2.31. The van der Waals surface area contributed by atoms with Crippen LogP contribution >= 0.6 is 0 Å². The van der Waals surface area contributed by atoms with Crippen molar-refractivity contribution in [2.24, 2.45) is 5.92 Å². The van der Waals surface area contributed by atoms with Crippen LogP contribution < -0.4 is 5.32 Å². The third-order valence-corrected chi connectivity index (χ3v) is 4.44. The Kier molecular flexibility index (Phi) is 4.02. The Bertz CT molecular complexity index is 639. The highest BCUT2D eigenvalue weighted by Gasteiger charge is 2.28. The van der Waals surface area contributed by atoms with Crippen molar-refractivity contribution in [2.75, 3.05) is 7.05 Å². The fourth-order valence-corrected chi connectivity index (χ4v) is 3.41. The lowest BCUT2D eigenvalue weighted by atomic mass is 9.77. The first-order valence-corrected chi connectivity index (χ1v) is 7.38. The highest BCUT2D eigenvalue weighted by molar-refractivity contribution is 5.33. The maximum Gasteiger partial charge on any atom is 0.159 e. The lowest BCUT2D eigenvalue weighted by Gasteiger charge is -2.33. The maximum atomic E-state index is 13.4. The molecule has 1 nitrogen and oxygen atoms in total. The lowest BCUT2D eigenvalue weighted by molar-refractivity contribution is 0.334. The van der Waals surface area contributed by atoms with E-state index in [9.17, 15) is 8.78 Å². The summed E-state index contributed by atoms with van der Waals surface area (Å²) in [6, 6.07) is 13.0. The summed E-state index contributed by atoms with van der Waals surface area (Å²) < 4.78 is 26.4. The highest BCUT2D eigenvalue weighted by atomic mass is 19.2. The van der Waals surface area contributed by atoms with E-state index in [1.165, 1.54) is 23.3 Å². The van der Waals surface area contributed by atoms with Crippen molar-refractivity contribution in [1.29, 1.82) is 0 Å². The molecule has 3 heteroatoms. The first-order valence-electron chi connectivity index (χ1n) is 7.38. The van der Waals surface area contributed by atoms with Gasteiger partial charge in [-0.2, -0.15) is 0 Å². The zero-order valence-corrected chi connectivity index (χ0v) is 12.1. The molecular weight excluding hydrogens is 268 g/mol. The number of nitrogens with one attached hydrogen (secondary N) is 1. The number of halogens is 2. The third kappa shape index (κ3) is 2.84. The fraction of sp³-hybridized carbons (Fsp3) is 0.333. The number of rotatable bonds is 3. The van der Waals surface area contributed by atoms with Crippen LogP contribution in [0.1, 0.15) is 29.2 Å². The average molecular weight is 287 g/mol. The van der Waals surface area contributed by atoms with Gasteiger partial charge in [-0.05, 0) is 61.1 Å². The molecule has 0 aliphatic heterocycles. The molecule has 2 aromatic rings. The molecule has 0 aromatic heterocycles. The summed E-state index contributed by atoms with van der Waals surface area (Å²) in [5, 5.41) is 3.39. The molecule has 110 valence electrons. The van der Waals surface area contributed by atoms with Crippen LogP contribution in [0.2, 0.25) is 0 Å². The molecule has 21 heavy (non-hydrogen) atoms. The van der Waals surface area contributed by atoms with Crippen LogP contribution in [-0.4, -0.2) is 7.05 Å². The molecule has 0 radical (unpaired) electrons. The van der Waals surface area contributed by atoms with Crippen molar-refractivity contribution >= 4 is 0 Å². The maximum absolute atomic E-state index is 13.4. The summed E-state index contributed by atoms with van der Waals surface area (Å²) in [6.45, 7) is 0. The van der Waals surface area contributed by atoms with Crippen LogP contribution in [0.3, 0.4) is 0 Å². The van der Waals surface area contributed by atoms with Crippen LogP contribution in [0.15, 0.2) is 42.5 Å². The number of hydrogen-bond acceptors (Lipinski definition) is 1. The van der Waals surface area contributed by atoms with Gasteiger partial charge in [0.2, 0.25) is 0 Å². The largest absolute Gasteiger partial charge is 0.313 e. The second-order valence-electron chi connectivity index (χ2n) is 5.72. The second-order valence-corrected chi connectivity index (χ2v) is 5.72. The van der Waals surface area contributed by atoms with E-state index in [1.807, 2.05) is 7.05 Å². The van der Waals surface area contributed by atoms with E-state index < -0.39 is 11.6 Å². The zero-order chi connectivity index (χ0) is 14.8. The van der Waals surface area contributed by atoms with Crippen LogP contribution in [0.25, 0.3) is 0 Å². The van der Waals surface area contributed by atoms with E-state index in [0.29, 0.717) is 5.92 Å². The first-order chi connectivity index (χ1) is 10.2. The topological polar surface area (TPSA) is 12.0 Å². The molecule has 2 unspecified atom stereocenters. The van der Waals surface area contributed by atoms with Crippen LogP contribution in [-0.2, 0) is 12.8 Å². The molecule has 0 bridgehead atoms.